The van der Waals surface area contributed by atoms with Crippen molar-refractivity contribution in [3.8, 4) is 0 Å². The van der Waals surface area contributed by atoms with Crippen LogP contribution in [0.4, 0.5) is 11.4 Å². The van der Waals surface area contributed by atoms with Gasteiger partial charge in [0.15, 0.2) is 0 Å². The monoisotopic (exact) mass is 366 g/mol. The van der Waals surface area contributed by atoms with E-state index in [1.54, 1.807) is 42.5 Å². The molecule has 2 rings (SSSR count). The van der Waals surface area contributed by atoms with Crippen LogP contribution in [0.25, 0.3) is 0 Å². The number of amides is 1. The van der Waals surface area contributed by atoms with Crippen LogP contribution in [0.5, 0.6) is 0 Å². The second-order valence-corrected chi connectivity index (χ2v) is 5.68. The van der Waals surface area contributed by atoms with Crippen LogP contribution < -0.4 is 10.6 Å². The van der Waals surface area contributed by atoms with Crippen LogP contribution >= 0.6 is 23.2 Å². The number of anilines is 2. The summed E-state index contributed by atoms with van der Waals surface area (Å²) in [4.78, 5) is 23.3. The fourth-order valence-corrected chi connectivity index (χ4v) is 2.35. The molecule has 2 aromatic carbocycles. The van der Waals surface area contributed by atoms with Gasteiger partial charge >= 0.3 is 5.97 Å². The lowest BCUT2D eigenvalue weighted by atomic mass is 10.2. The standard InChI is InChI=1S/C17H16Cl2N2O3/c1-24-17(23)11-5-7-12(8-6-11)21-15(22)9-10-20-14-4-2-3-13(18)16(14)19/h2-8,20H,9-10H2,1H3,(H,21,22). The van der Waals surface area contributed by atoms with E-state index in [-0.39, 0.29) is 12.3 Å². The Balaban J connectivity index is 1.83. The number of halogens is 2. The van der Waals surface area contributed by atoms with Crippen LogP contribution in [-0.4, -0.2) is 25.5 Å². The summed E-state index contributed by atoms with van der Waals surface area (Å²) in [5.74, 6) is -0.582. The molecule has 5 nitrogen and oxygen atoms in total. The molecule has 0 radical (unpaired) electrons. The van der Waals surface area contributed by atoms with Gasteiger partial charge in [-0.05, 0) is 36.4 Å². The van der Waals surface area contributed by atoms with Gasteiger partial charge in [0.05, 0.1) is 28.4 Å². The Morgan fingerprint density at radius 3 is 2.46 bits per heavy atom. The first kappa shape index (κ1) is 18.1. The van der Waals surface area contributed by atoms with E-state index >= 15 is 0 Å². The van der Waals surface area contributed by atoms with Gasteiger partial charge in [0.1, 0.15) is 0 Å². The number of carbonyl (C=O) groups is 2. The number of rotatable bonds is 6. The van der Waals surface area contributed by atoms with Crippen molar-refractivity contribution < 1.29 is 14.3 Å². The van der Waals surface area contributed by atoms with E-state index in [9.17, 15) is 9.59 Å². The van der Waals surface area contributed by atoms with Crippen LogP contribution in [0.2, 0.25) is 10.0 Å². The number of ether oxygens (including phenoxy) is 1. The summed E-state index contributed by atoms with van der Waals surface area (Å²) in [7, 11) is 1.32. The molecule has 2 aromatic rings. The number of hydrogen-bond donors (Lipinski definition) is 2. The Labute approximate surface area is 149 Å². The average Bonchev–Trinajstić information content (AvgIpc) is 2.58. The van der Waals surface area contributed by atoms with Crippen molar-refractivity contribution in [3.05, 3.63) is 58.1 Å². The summed E-state index contributed by atoms with van der Waals surface area (Å²) in [5.41, 5.74) is 1.71. The minimum absolute atomic E-state index is 0.161. The van der Waals surface area contributed by atoms with Crippen molar-refractivity contribution >= 4 is 46.5 Å². The van der Waals surface area contributed by atoms with E-state index in [1.807, 2.05) is 0 Å². The Bertz CT molecular complexity index is 733. The largest absolute Gasteiger partial charge is 0.465 e. The second-order valence-electron chi connectivity index (χ2n) is 4.90. The Morgan fingerprint density at radius 2 is 1.79 bits per heavy atom. The average molecular weight is 367 g/mol. The van der Waals surface area contributed by atoms with Gasteiger partial charge in [0.25, 0.3) is 0 Å². The van der Waals surface area contributed by atoms with E-state index < -0.39 is 5.97 Å². The summed E-state index contributed by atoms with van der Waals surface area (Å²) in [5, 5.41) is 6.70. The van der Waals surface area contributed by atoms with Gasteiger partial charge in [-0.3, -0.25) is 4.79 Å². The molecule has 126 valence electrons. The van der Waals surface area contributed by atoms with E-state index in [1.165, 1.54) is 7.11 Å². The number of hydrogen-bond acceptors (Lipinski definition) is 4. The Hall–Kier alpha value is -2.24. The van der Waals surface area contributed by atoms with E-state index in [2.05, 4.69) is 15.4 Å². The molecular weight excluding hydrogens is 351 g/mol. The lowest BCUT2D eigenvalue weighted by Crippen LogP contribution is -2.16. The van der Waals surface area contributed by atoms with Gasteiger partial charge in [-0.2, -0.15) is 0 Å². The Morgan fingerprint density at radius 1 is 1.08 bits per heavy atom. The maximum Gasteiger partial charge on any atom is 0.337 e. The third kappa shape index (κ3) is 4.88. The fourth-order valence-electron chi connectivity index (χ4n) is 1.98. The van der Waals surface area contributed by atoms with Gasteiger partial charge in [-0.25, -0.2) is 4.79 Å². The molecule has 0 spiro atoms. The fraction of sp³-hybridized carbons (Fsp3) is 0.176. The SMILES string of the molecule is COC(=O)c1ccc(NC(=O)CCNc2cccc(Cl)c2Cl)cc1. The summed E-state index contributed by atoms with van der Waals surface area (Å²) in [6, 6.07) is 11.7. The molecule has 0 aliphatic rings. The third-order valence-electron chi connectivity index (χ3n) is 3.21. The zero-order valence-electron chi connectivity index (χ0n) is 12.9. The number of nitrogens with one attached hydrogen (secondary N) is 2. The smallest absolute Gasteiger partial charge is 0.337 e. The molecule has 7 heteroatoms. The Kier molecular flexibility index (Phi) is 6.46. The summed E-state index contributed by atoms with van der Waals surface area (Å²) in [6.45, 7) is 0.409. The van der Waals surface area contributed by atoms with Gasteiger partial charge in [-0.15, -0.1) is 0 Å². The van der Waals surface area contributed by atoms with E-state index in [0.29, 0.717) is 33.5 Å². The minimum Gasteiger partial charge on any atom is -0.465 e. The van der Waals surface area contributed by atoms with Crippen molar-refractivity contribution in [3.63, 3.8) is 0 Å². The van der Waals surface area contributed by atoms with Crippen molar-refractivity contribution in [2.75, 3.05) is 24.3 Å². The zero-order chi connectivity index (χ0) is 17.5. The molecule has 2 N–H and O–H groups in total. The number of esters is 1. The molecule has 0 saturated carbocycles. The molecule has 0 aliphatic carbocycles. The highest BCUT2D eigenvalue weighted by atomic mass is 35.5. The van der Waals surface area contributed by atoms with Crippen LogP contribution in [0, 0.1) is 0 Å². The number of carbonyl (C=O) groups excluding carboxylic acids is 2. The van der Waals surface area contributed by atoms with Crippen molar-refractivity contribution in [2.24, 2.45) is 0 Å². The second kappa shape index (κ2) is 8.57. The first-order valence-corrected chi connectivity index (χ1v) is 7.93. The van der Waals surface area contributed by atoms with Crippen molar-refractivity contribution in [1.82, 2.24) is 0 Å². The van der Waals surface area contributed by atoms with E-state index in [0.717, 1.165) is 0 Å². The minimum atomic E-state index is -0.421. The molecule has 0 heterocycles. The van der Waals surface area contributed by atoms with Gasteiger partial charge < -0.3 is 15.4 Å². The molecule has 0 fully saturated rings. The topological polar surface area (TPSA) is 67.4 Å². The maximum absolute atomic E-state index is 11.9. The molecule has 0 aromatic heterocycles. The normalized spacial score (nSPS) is 10.1. The maximum atomic E-state index is 11.9. The quantitative estimate of drug-likeness (QED) is 0.751. The highest BCUT2D eigenvalue weighted by Gasteiger charge is 2.07. The molecule has 0 unspecified atom stereocenters. The zero-order valence-corrected chi connectivity index (χ0v) is 14.4. The van der Waals surface area contributed by atoms with Crippen LogP contribution in [-0.2, 0) is 9.53 Å². The van der Waals surface area contributed by atoms with Gasteiger partial charge in [0.2, 0.25) is 5.91 Å². The van der Waals surface area contributed by atoms with Crippen molar-refractivity contribution in [2.45, 2.75) is 6.42 Å². The number of benzene rings is 2. The summed E-state index contributed by atoms with van der Waals surface area (Å²) in [6.07, 6.45) is 0.252. The molecule has 0 aliphatic heterocycles. The lowest BCUT2D eigenvalue weighted by molar-refractivity contribution is -0.115. The van der Waals surface area contributed by atoms with Crippen LogP contribution in [0.1, 0.15) is 16.8 Å². The first-order valence-electron chi connectivity index (χ1n) is 7.17. The molecule has 24 heavy (non-hydrogen) atoms. The molecule has 1 amide bonds. The highest BCUT2D eigenvalue weighted by molar-refractivity contribution is 6.43. The highest BCUT2D eigenvalue weighted by Crippen LogP contribution is 2.29. The van der Waals surface area contributed by atoms with Gasteiger partial charge in [0, 0.05) is 18.7 Å². The first-order chi connectivity index (χ1) is 11.5. The summed E-state index contributed by atoms with van der Waals surface area (Å²) < 4.78 is 4.62. The predicted octanol–water partition coefficient (Wildman–Crippen LogP) is 4.22. The number of methoxy groups -OCH3 is 1. The third-order valence-corrected chi connectivity index (χ3v) is 4.03. The van der Waals surface area contributed by atoms with Crippen molar-refractivity contribution in [1.29, 1.82) is 0 Å². The van der Waals surface area contributed by atoms with Crippen LogP contribution in [0.15, 0.2) is 42.5 Å². The van der Waals surface area contributed by atoms with Crippen LogP contribution in [0.3, 0.4) is 0 Å². The predicted molar refractivity (Wildman–Crippen MR) is 96.0 cm³/mol. The summed E-state index contributed by atoms with van der Waals surface area (Å²) >= 11 is 12.0. The van der Waals surface area contributed by atoms with Gasteiger partial charge in [-0.1, -0.05) is 29.3 Å². The molecule has 0 saturated heterocycles. The molecule has 0 bridgehead atoms. The lowest BCUT2D eigenvalue weighted by Gasteiger charge is -2.10. The molecule has 0 atom stereocenters. The molecular formula is C17H16Cl2N2O3. The van der Waals surface area contributed by atoms with E-state index in [4.69, 9.17) is 23.2 Å².